The summed E-state index contributed by atoms with van der Waals surface area (Å²) in [6.07, 6.45) is -5.70. The fraction of sp³-hybridized carbons (Fsp3) is 0.667. The van der Waals surface area contributed by atoms with E-state index in [0.717, 1.165) is 0 Å². The number of hydrogen-bond donors (Lipinski definition) is 0. The highest BCUT2D eigenvalue weighted by Crippen LogP contribution is 2.25. The molecule has 1 aromatic rings. The van der Waals surface area contributed by atoms with Gasteiger partial charge in [0.2, 0.25) is 5.76 Å². The third-order valence-corrected chi connectivity index (χ3v) is 2.33. The minimum absolute atomic E-state index is 0.0934. The van der Waals surface area contributed by atoms with Crippen LogP contribution in [0.1, 0.15) is 55.2 Å². The molecule has 0 spiro atoms. The molecule has 0 aliphatic carbocycles. The number of nitrogens with zero attached hydrogens (tertiary/aromatic N) is 1. The first-order valence-corrected chi connectivity index (χ1v) is 5.98. The van der Waals surface area contributed by atoms with Crippen molar-refractivity contribution in [2.45, 2.75) is 45.7 Å². The van der Waals surface area contributed by atoms with E-state index in [-0.39, 0.29) is 30.6 Å². The van der Waals surface area contributed by atoms with Gasteiger partial charge in [0.1, 0.15) is 0 Å². The van der Waals surface area contributed by atoms with Crippen molar-refractivity contribution in [1.29, 1.82) is 0 Å². The van der Waals surface area contributed by atoms with Gasteiger partial charge in [-0.05, 0) is 12.8 Å². The van der Waals surface area contributed by atoms with Gasteiger partial charge in [0.15, 0.2) is 5.89 Å². The molecule has 0 radical (unpaired) electrons. The van der Waals surface area contributed by atoms with E-state index in [2.05, 4.69) is 4.98 Å². The average Bonchev–Trinajstić information content (AvgIpc) is 2.70. The van der Waals surface area contributed by atoms with Crippen molar-refractivity contribution in [1.82, 2.24) is 4.98 Å². The molecule has 19 heavy (non-hydrogen) atoms. The molecule has 0 N–H and O–H groups in total. The van der Waals surface area contributed by atoms with Gasteiger partial charge < -0.3 is 9.15 Å². The first-order chi connectivity index (χ1) is 8.74. The molecule has 4 nitrogen and oxygen atoms in total. The van der Waals surface area contributed by atoms with Crippen LogP contribution in [0.15, 0.2) is 4.42 Å². The lowest BCUT2D eigenvalue weighted by atomic mass is 10.1. The van der Waals surface area contributed by atoms with E-state index < -0.39 is 18.6 Å². The monoisotopic (exact) mass is 279 g/mol. The molecule has 0 unspecified atom stereocenters. The van der Waals surface area contributed by atoms with Crippen molar-refractivity contribution in [2.75, 3.05) is 6.61 Å². The predicted octanol–water partition coefficient (Wildman–Crippen LogP) is 3.47. The number of ether oxygens (including phenoxy) is 1. The second-order valence-electron chi connectivity index (χ2n) is 4.31. The lowest BCUT2D eigenvalue weighted by molar-refractivity contribution is -0.134. The lowest BCUT2D eigenvalue weighted by Gasteiger charge is -2.02. The molecule has 0 aliphatic heterocycles. The van der Waals surface area contributed by atoms with Gasteiger partial charge in [0, 0.05) is 6.42 Å². The van der Waals surface area contributed by atoms with Crippen LogP contribution in [0.25, 0.3) is 0 Å². The highest BCUT2D eigenvalue weighted by atomic mass is 19.4. The summed E-state index contributed by atoms with van der Waals surface area (Å²) in [5.74, 6) is -1.03. The molecule has 0 fully saturated rings. The number of esters is 1. The molecule has 0 saturated carbocycles. The zero-order valence-corrected chi connectivity index (χ0v) is 11.0. The summed E-state index contributed by atoms with van der Waals surface area (Å²) in [7, 11) is 0. The third-order valence-electron chi connectivity index (χ3n) is 2.33. The predicted molar refractivity (Wildman–Crippen MR) is 60.9 cm³/mol. The largest absolute Gasteiger partial charge is 0.460 e. The summed E-state index contributed by atoms with van der Waals surface area (Å²) in [4.78, 5) is 15.6. The van der Waals surface area contributed by atoms with Crippen molar-refractivity contribution in [3.63, 3.8) is 0 Å². The molecule has 0 aliphatic rings. The zero-order chi connectivity index (χ0) is 14.6. The van der Waals surface area contributed by atoms with E-state index in [0.29, 0.717) is 5.69 Å². The standard InChI is InChI=1S/C12H16F3NO3/c1-4-18-11(17)10-9(7(2)3)16-8(19-10)5-6-12(13,14)15/h7H,4-6H2,1-3H3. The number of carbonyl (C=O) groups excluding carboxylic acids is 1. The van der Waals surface area contributed by atoms with Crippen molar-refractivity contribution < 1.29 is 27.1 Å². The highest BCUT2D eigenvalue weighted by Gasteiger charge is 2.29. The maximum absolute atomic E-state index is 12.1. The number of aryl methyl sites for hydroxylation is 1. The zero-order valence-electron chi connectivity index (χ0n) is 11.0. The van der Waals surface area contributed by atoms with Gasteiger partial charge in [-0.25, -0.2) is 9.78 Å². The molecular weight excluding hydrogens is 263 g/mol. The van der Waals surface area contributed by atoms with Crippen LogP contribution in [0.4, 0.5) is 13.2 Å². The number of rotatable bonds is 5. The molecule has 0 amide bonds. The number of hydrogen-bond acceptors (Lipinski definition) is 4. The molecule has 0 bridgehead atoms. The van der Waals surface area contributed by atoms with Gasteiger partial charge in [0.05, 0.1) is 18.7 Å². The van der Waals surface area contributed by atoms with Gasteiger partial charge in [0.25, 0.3) is 0 Å². The van der Waals surface area contributed by atoms with Crippen molar-refractivity contribution in [3.8, 4) is 0 Å². The minimum atomic E-state index is -4.28. The van der Waals surface area contributed by atoms with Crippen LogP contribution in [-0.2, 0) is 11.2 Å². The molecule has 0 aromatic carbocycles. The van der Waals surface area contributed by atoms with Crippen molar-refractivity contribution in [2.24, 2.45) is 0 Å². The van der Waals surface area contributed by atoms with E-state index in [1.54, 1.807) is 20.8 Å². The highest BCUT2D eigenvalue weighted by molar-refractivity contribution is 5.87. The molecule has 1 rings (SSSR count). The summed E-state index contributed by atoms with van der Waals surface area (Å²) in [6.45, 7) is 5.34. The van der Waals surface area contributed by atoms with E-state index >= 15 is 0 Å². The van der Waals surface area contributed by atoms with Gasteiger partial charge in [-0.2, -0.15) is 13.2 Å². The second-order valence-corrected chi connectivity index (χ2v) is 4.31. The van der Waals surface area contributed by atoms with Crippen molar-refractivity contribution in [3.05, 3.63) is 17.3 Å². The summed E-state index contributed by atoms with van der Waals surface area (Å²) < 4.78 is 46.3. The number of aromatic nitrogens is 1. The molecular formula is C12H16F3NO3. The molecule has 1 heterocycles. The Morgan fingerprint density at radius 2 is 2.05 bits per heavy atom. The Bertz CT molecular complexity index is 438. The fourth-order valence-electron chi connectivity index (χ4n) is 1.47. The SMILES string of the molecule is CCOC(=O)c1oc(CCC(F)(F)F)nc1C(C)C. The van der Waals surface area contributed by atoms with Crippen LogP contribution in [0, 0.1) is 0 Å². The van der Waals surface area contributed by atoms with Crippen LogP contribution in [0.5, 0.6) is 0 Å². The Hall–Kier alpha value is -1.53. The Morgan fingerprint density at radius 1 is 1.42 bits per heavy atom. The summed E-state index contributed by atoms with van der Waals surface area (Å²) in [6, 6.07) is 0. The second kappa shape index (κ2) is 6.08. The van der Waals surface area contributed by atoms with Crippen LogP contribution in [0.3, 0.4) is 0 Å². The molecule has 108 valence electrons. The maximum Gasteiger partial charge on any atom is 0.389 e. The van der Waals surface area contributed by atoms with Crippen molar-refractivity contribution >= 4 is 5.97 Å². The number of oxazole rings is 1. The molecule has 1 aromatic heterocycles. The lowest BCUT2D eigenvalue weighted by Crippen LogP contribution is -2.08. The number of halogens is 3. The maximum atomic E-state index is 12.1. The Labute approximate surface area is 109 Å². The van der Waals surface area contributed by atoms with Gasteiger partial charge in [-0.15, -0.1) is 0 Å². The summed E-state index contributed by atoms with van der Waals surface area (Å²) >= 11 is 0. The Morgan fingerprint density at radius 3 is 2.53 bits per heavy atom. The summed E-state index contributed by atoms with van der Waals surface area (Å²) in [5.41, 5.74) is 0.329. The van der Waals surface area contributed by atoms with Gasteiger partial charge >= 0.3 is 12.1 Å². The van der Waals surface area contributed by atoms with Gasteiger partial charge in [-0.1, -0.05) is 13.8 Å². The Kier molecular flexibility index (Phi) is 4.97. The third kappa shape index (κ3) is 4.57. The van der Waals surface area contributed by atoms with E-state index in [1.165, 1.54) is 0 Å². The van der Waals surface area contributed by atoms with E-state index in [9.17, 15) is 18.0 Å². The van der Waals surface area contributed by atoms with Crippen LogP contribution in [0.2, 0.25) is 0 Å². The van der Waals surface area contributed by atoms with Crippen LogP contribution in [-0.4, -0.2) is 23.7 Å². The first-order valence-electron chi connectivity index (χ1n) is 5.98. The number of alkyl halides is 3. The smallest absolute Gasteiger partial charge is 0.389 e. The van der Waals surface area contributed by atoms with Gasteiger partial charge in [-0.3, -0.25) is 0 Å². The average molecular weight is 279 g/mol. The van der Waals surface area contributed by atoms with Crippen LogP contribution < -0.4 is 0 Å². The number of carbonyl (C=O) groups is 1. The van der Waals surface area contributed by atoms with E-state index in [4.69, 9.17) is 9.15 Å². The minimum Gasteiger partial charge on any atom is -0.460 e. The molecule has 0 saturated heterocycles. The first kappa shape index (κ1) is 15.5. The fourth-order valence-corrected chi connectivity index (χ4v) is 1.47. The molecule has 0 atom stereocenters. The summed E-state index contributed by atoms with van der Waals surface area (Å²) in [5, 5.41) is 0. The normalized spacial score (nSPS) is 11.9. The molecule has 7 heteroatoms. The Balaban J connectivity index is 2.91. The van der Waals surface area contributed by atoms with E-state index in [1.807, 2.05) is 0 Å². The topological polar surface area (TPSA) is 52.3 Å². The quantitative estimate of drug-likeness (QED) is 0.774. The van der Waals surface area contributed by atoms with Crippen LogP contribution >= 0.6 is 0 Å².